The molecule has 2 aliphatic rings. The SMILES string of the molecule is Cc1ccc(N2B3c4ccc(-c5ccccc5)cc4-n4c5c3c(cc(-c3ccccc3)c5c3ccc5ccccc5c34)-c3c2c2ccccc2c2ccccc32)cc1. The highest BCUT2D eigenvalue weighted by Crippen LogP contribution is 2.53. The van der Waals surface area contributed by atoms with Crippen LogP contribution in [0, 0.1) is 6.92 Å². The Hall–Kier alpha value is -7.36. The topological polar surface area (TPSA) is 8.17 Å². The van der Waals surface area contributed by atoms with Crippen LogP contribution >= 0.6 is 0 Å². The Kier molecular flexibility index (Phi) is 6.49. The van der Waals surface area contributed by atoms with Gasteiger partial charge in [0.25, 0.3) is 0 Å². The normalized spacial score (nSPS) is 12.8. The van der Waals surface area contributed by atoms with Gasteiger partial charge in [0, 0.05) is 44.2 Å². The van der Waals surface area contributed by atoms with E-state index in [-0.39, 0.29) is 6.85 Å². The van der Waals surface area contributed by atoms with E-state index in [4.69, 9.17) is 0 Å². The minimum absolute atomic E-state index is 0.0926. The van der Waals surface area contributed by atoms with E-state index >= 15 is 0 Å². The zero-order valence-corrected chi connectivity index (χ0v) is 31.9. The summed E-state index contributed by atoms with van der Waals surface area (Å²) in [5.74, 6) is 0. The molecule has 0 N–H and O–H groups in total. The van der Waals surface area contributed by atoms with Crippen molar-refractivity contribution in [3.8, 4) is 39.1 Å². The third-order valence-corrected chi connectivity index (χ3v) is 13.0. The molecule has 0 unspecified atom stereocenters. The minimum atomic E-state index is -0.0926. The van der Waals surface area contributed by atoms with Crippen LogP contribution in [-0.4, -0.2) is 11.4 Å². The molecule has 0 fully saturated rings. The number of aryl methyl sites for hydroxylation is 1. The molecule has 3 heterocycles. The third-order valence-electron chi connectivity index (χ3n) is 13.0. The van der Waals surface area contributed by atoms with E-state index < -0.39 is 0 Å². The molecule has 0 aliphatic carbocycles. The Labute approximate surface area is 337 Å². The van der Waals surface area contributed by atoms with Crippen LogP contribution in [0.15, 0.2) is 194 Å². The molecule has 3 heteroatoms. The van der Waals surface area contributed by atoms with Crippen LogP contribution in [-0.2, 0) is 0 Å². The van der Waals surface area contributed by atoms with Gasteiger partial charge in [0.1, 0.15) is 0 Å². The van der Waals surface area contributed by atoms with E-state index in [2.05, 4.69) is 210 Å². The van der Waals surface area contributed by atoms with Crippen molar-refractivity contribution in [2.24, 2.45) is 0 Å². The molecular formula is C55H35BN2. The second kappa shape index (κ2) is 11.8. The van der Waals surface area contributed by atoms with Crippen LogP contribution in [0.2, 0.25) is 0 Å². The van der Waals surface area contributed by atoms with Crippen molar-refractivity contribution in [3.05, 3.63) is 200 Å². The summed E-state index contributed by atoms with van der Waals surface area (Å²) in [6, 6.07) is 72.7. The van der Waals surface area contributed by atoms with E-state index in [1.165, 1.54) is 121 Å². The van der Waals surface area contributed by atoms with Crippen molar-refractivity contribution in [2.75, 3.05) is 4.81 Å². The Bertz CT molecular complexity index is 3510. The molecule has 13 rings (SSSR count). The Morgan fingerprint density at radius 2 is 1.07 bits per heavy atom. The van der Waals surface area contributed by atoms with Crippen LogP contribution in [0.1, 0.15) is 5.56 Å². The van der Waals surface area contributed by atoms with Crippen LogP contribution in [0.25, 0.3) is 93.2 Å². The Morgan fingerprint density at radius 3 is 1.83 bits per heavy atom. The number of anilines is 2. The maximum absolute atomic E-state index is 2.69. The fourth-order valence-electron chi connectivity index (χ4n) is 10.5. The summed E-state index contributed by atoms with van der Waals surface area (Å²) in [5, 5.41) is 10.2. The van der Waals surface area contributed by atoms with Gasteiger partial charge in [-0.1, -0.05) is 175 Å². The smallest absolute Gasteiger partial charge is 0.333 e. The maximum Gasteiger partial charge on any atom is 0.333 e. The highest BCUT2D eigenvalue weighted by Gasteiger charge is 2.46. The first-order chi connectivity index (χ1) is 28.7. The third kappa shape index (κ3) is 4.23. The van der Waals surface area contributed by atoms with E-state index in [1.807, 2.05) is 0 Å². The molecule has 0 saturated carbocycles. The molecule has 2 aliphatic heterocycles. The highest BCUT2D eigenvalue weighted by molar-refractivity contribution is 6.94. The summed E-state index contributed by atoms with van der Waals surface area (Å²) in [6.45, 7) is 2.09. The van der Waals surface area contributed by atoms with Gasteiger partial charge in [-0.05, 0) is 91.5 Å². The number of hydrogen-bond acceptors (Lipinski definition) is 1. The predicted octanol–water partition coefficient (Wildman–Crippen LogP) is 13.1. The maximum atomic E-state index is 2.69. The number of rotatable bonds is 3. The summed E-state index contributed by atoms with van der Waals surface area (Å²) in [7, 11) is 0. The van der Waals surface area contributed by atoms with Crippen molar-refractivity contribution in [1.29, 1.82) is 0 Å². The average Bonchev–Trinajstić information content (AvgIpc) is 3.65. The standard InChI is InChI=1S/C55H35BN2/c1-34-24-28-39(29-25-34)58-54-44-23-13-11-21-42(44)41-20-10-12-22-43(41)50(54)47-33-46(36-16-6-3-7-17-36)51-45-30-26-37-18-8-9-19-40(37)53(45)57-49-32-38(35-14-4-2-5-15-35)27-31-48(49)56(58)52(47)55(51)57/h2-33H,1H3. The first-order valence-corrected chi connectivity index (χ1v) is 20.3. The van der Waals surface area contributed by atoms with Gasteiger partial charge in [0.05, 0.1) is 11.0 Å². The van der Waals surface area contributed by atoms with Crippen molar-refractivity contribution in [2.45, 2.75) is 6.92 Å². The molecule has 0 spiro atoms. The Balaban J connectivity index is 1.32. The molecule has 2 nitrogen and oxygen atoms in total. The largest absolute Gasteiger partial charge is 0.376 e. The van der Waals surface area contributed by atoms with E-state index in [0.29, 0.717) is 0 Å². The van der Waals surface area contributed by atoms with Crippen molar-refractivity contribution in [3.63, 3.8) is 0 Å². The molecule has 1 aromatic heterocycles. The zero-order valence-electron chi connectivity index (χ0n) is 31.9. The predicted molar refractivity (Wildman–Crippen MR) is 248 cm³/mol. The van der Waals surface area contributed by atoms with E-state index in [9.17, 15) is 0 Å². The lowest BCUT2D eigenvalue weighted by Crippen LogP contribution is -2.60. The second-order valence-corrected chi connectivity index (χ2v) is 16.1. The second-order valence-electron chi connectivity index (χ2n) is 16.1. The van der Waals surface area contributed by atoms with E-state index in [0.717, 1.165) is 0 Å². The highest BCUT2D eigenvalue weighted by atomic mass is 15.1. The number of aromatic nitrogens is 1. The number of benzene rings is 10. The lowest BCUT2D eigenvalue weighted by atomic mass is 9.43. The summed E-state index contributed by atoms with van der Waals surface area (Å²) < 4.78 is 2.65. The van der Waals surface area contributed by atoms with Crippen LogP contribution in [0.5, 0.6) is 0 Å². The fourth-order valence-corrected chi connectivity index (χ4v) is 10.5. The summed E-state index contributed by atoms with van der Waals surface area (Å²) in [6.07, 6.45) is 0. The Morgan fingerprint density at radius 1 is 0.431 bits per heavy atom. The van der Waals surface area contributed by atoms with Gasteiger partial charge in [-0.15, -0.1) is 0 Å². The zero-order chi connectivity index (χ0) is 38.1. The molecule has 58 heavy (non-hydrogen) atoms. The quantitative estimate of drug-likeness (QED) is 0.130. The van der Waals surface area contributed by atoms with Gasteiger partial charge in [-0.25, -0.2) is 0 Å². The van der Waals surface area contributed by atoms with Crippen molar-refractivity contribution < 1.29 is 0 Å². The van der Waals surface area contributed by atoms with Crippen LogP contribution in [0.4, 0.5) is 11.4 Å². The molecule has 11 aromatic rings. The fraction of sp³-hybridized carbons (Fsp3) is 0.0182. The van der Waals surface area contributed by atoms with Crippen LogP contribution < -0.4 is 15.7 Å². The molecule has 0 atom stereocenters. The summed E-state index contributed by atoms with van der Waals surface area (Å²) in [5.41, 5.74) is 17.7. The molecule has 10 aromatic carbocycles. The number of fused-ring (bicyclic) bond motifs is 15. The number of hydrogen-bond donors (Lipinski definition) is 0. The van der Waals surface area contributed by atoms with Gasteiger partial charge in [-0.2, -0.15) is 0 Å². The average molecular weight is 735 g/mol. The van der Waals surface area contributed by atoms with Gasteiger partial charge >= 0.3 is 6.85 Å². The molecular weight excluding hydrogens is 699 g/mol. The molecule has 0 bridgehead atoms. The van der Waals surface area contributed by atoms with Gasteiger partial charge in [0.15, 0.2) is 0 Å². The molecule has 0 radical (unpaired) electrons. The van der Waals surface area contributed by atoms with Crippen LogP contribution in [0.3, 0.4) is 0 Å². The summed E-state index contributed by atoms with van der Waals surface area (Å²) in [4.78, 5) is 2.69. The molecule has 268 valence electrons. The van der Waals surface area contributed by atoms with Gasteiger partial charge < -0.3 is 9.38 Å². The van der Waals surface area contributed by atoms with E-state index in [1.54, 1.807) is 0 Å². The lowest BCUT2D eigenvalue weighted by Gasteiger charge is -2.43. The first kappa shape index (κ1) is 31.8. The monoisotopic (exact) mass is 734 g/mol. The lowest BCUT2D eigenvalue weighted by molar-refractivity contribution is 1.19. The summed E-state index contributed by atoms with van der Waals surface area (Å²) >= 11 is 0. The number of nitrogens with zero attached hydrogens (tertiary/aromatic N) is 2. The van der Waals surface area contributed by atoms with Crippen molar-refractivity contribution in [1.82, 2.24) is 4.57 Å². The minimum Gasteiger partial charge on any atom is -0.376 e. The molecule has 0 saturated heterocycles. The van der Waals surface area contributed by atoms with Gasteiger partial charge in [0.2, 0.25) is 0 Å². The van der Waals surface area contributed by atoms with Gasteiger partial charge in [-0.3, -0.25) is 0 Å². The molecule has 0 amide bonds. The first-order valence-electron chi connectivity index (χ1n) is 20.3. The van der Waals surface area contributed by atoms with Crippen molar-refractivity contribution >= 4 is 83.3 Å².